The second kappa shape index (κ2) is 6.33. The second-order valence-electron chi connectivity index (χ2n) is 4.95. The van der Waals surface area contributed by atoms with Crippen LogP contribution < -0.4 is 5.32 Å². The smallest absolute Gasteiger partial charge is 0.224 e. The molecule has 1 N–H and O–H groups in total. The first-order chi connectivity index (χ1) is 9.56. The highest BCUT2D eigenvalue weighted by molar-refractivity contribution is 5.90. The predicted octanol–water partition coefficient (Wildman–Crippen LogP) is 4.01. The van der Waals surface area contributed by atoms with Gasteiger partial charge in [0.1, 0.15) is 5.82 Å². The van der Waals surface area contributed by atoms with Crippen molar-refractivity contribution in [3.8, 4) is 0 Å². The zero-order chi connectivity index (χ0) is 14.5. The first-order valence-corrected chi connectivity index (χ1v) is 6.67. The van der Waals surface area contributed by atoms with Gasteiger partial charge in [-0.2, -0.15) is 0 Å². The van der Waals surface area contributed by atoms with Gasteiger partial charge in [-0.05, 0) is 49.1 Å². The Morgan fingerprint density at radius 3 is 2.55 bits per heavy atom. The summed E-state index contributed by atoms with van der Waals surface area (Å²) in [6.45, 7) is 4.11. The zero-order valence-corrected chi connectivity index (χ0v) is 11.7. The fourth-order valence-electron chi connectivity index (χ4n) is 1.99. The van der Waals surface area contributed by atoms with Crippen LogP contribution in [0.5, 0.6) is 0 Å². The molecule has 0 aromatic heterocycles. The minimum atomic E-state index is -0.410. The van der Waals surface area contributed by atoms with Gasteiger partial charge >= 0.3 is 0 Å². The number of aryl methyl sites for hydroxylation is 3. The van der Waals surface area contributed by atoms with Crippen LogP contribution in [0.4, 0.5) is 10.1 Å². The Labute approximate surface area is 118 Å². The molecule has 0 bridgehead atoms. The van der Waals surface area contributed by atoms with E-state index in [4.69, 9.17) is 0 Å². The Morgan fingerprint density at radius 1 is 1.10 bits per heavy atom. The third-order valence-corrected chi connectivity index (χ3v) is 3.36. The predicted molar refractivity (Wildman–Crippen MR) is 79.3 cm³/mol. The first kappa shape index (κ1) is 14.3. The van der Waals surface area contributed by atoms with Crippen LogP contribution in [0.1, 0.15) is 23.1 Å². The molecule has 20 heavy (non-hydrogen) atoms. The van der Waals surface area contributed by atoms with E-state index in [1.54, 1.807) is 18.2 Å². The molecule has 0 radical (unpaired) electrons. The lowest BCUT2D eigenvalue weighted by atomic mass is 10.0. The van der Waals surface area contributed by atoms with Crippen molar-refractivity contribution in [2.75, 3.05) is 5.32 Å². The Morgan fingerprint density at radius 2 is 1.85 bits per heavy atom. The summed E-state index contributed by atoms with van der Waals surface area (Å²) < 4.78 is 13.4. The van der Waals surface area contributed by atoms with E-state index in [2.05, 4.69) is 31.3 Å². The van der Waals surface area contributed by atoms with Gasteiger partial charge in [-0.15, -0.1) is 0 Å². The molecule has 0 fully saturated rings. The topological polar surface area (TPSA) is 29.1 Å². The summed E-state index contributed by atoms with van der Waals surface area (Å²) in [4.78, 5) is 11.8. The van der Waals surface area contributed by atoms with Gasteiger partial charge in [0.15, 0.2) is 0 Å². The van der Waals surface area contributed by atoms with Crippen molar-refractivity contribution in [2.24, 2.45) is 0 Å². The molecule has 2 nitrogen and oxygen atoms in total. The number of rotatable bonds is 4. The van der Waals surface area contributed by atoms with Gasteiger partial charge in [-0.25, -0.2) is 4.39 Å². The van der Waals surface area contributed by atoms with Gasteiger partial charge < -0.3 is 5.32 Å². The maximum absolute atomic E-state index is 13.4. The summed E-state index contributed by atoms with van der Waals surface area (Å²) in [6.07, 6.45) is 0.998. The lowest BCUT2D eigenvalue weighted by Gasteiger charge is -2.07. The second-order valence-corrected chi connectivity index (χ2v) is 4.95. The van der Waals surface area contributed by atoms with E-state index >= 15 is 0 Å². The number of amides is 1. The number of para-hydroxylation sites is 1. The number of benzene rings is 2. The number of nitrogens with one attached hydrogen (secondary N) is 1. The van der Waals surface area contributed by atoms with Crippen LogP contribution in [-0.4, -0.2) is 5.91 Å². The van der Waals surface area contributed by atoms with E-state index in [0.717, 1.165) is 5.56 Å². The normalized spacial score (nSPS) is 10.3. The SMILES string of the molecule is Cc1ccc(CCC(=O)Nc2ccccc2F)cc1C. The molecule has 0 unspecified atom stereocenters. The highest BCUT2D eigenvalue weighted by atomic mass is 19.1. The average molecular weight is 271 g/mol. The summed E-state index contributed by atoms with van der Waals surface area (Å²) in [5.74, 6) is -0.583. The molecule has 2 aromatic carbocycles. The Balaban J connectivity index is 1.92. The van der Waals surface area contributed by atoms with Gasteiger partial charge in [-0.3, -0.25) is 4.79 Å². The van der Waals surface area contributed by atoms with Crippen molar-refractivity contribution in [1.82, 2.24) is 0 Å². The maximum Gasteiger partial charge on any atom is 0.224 e. The number of anilines is 1. The summed E-state index contributed by atoms with van der Waals surface area (Å²) in [5.41, 5.74) is 3.82. The van der Waals surface area contributed by atoms with Gasteiger partial charge in [-0.1, -0.05) is 30.3 Å². The number of hydrogen-bond acceptors (Lipinski definition) is 1. The number of carbonyl (C=O) groups is 1. The van der Waals surface area contributed by atoms with Crippen molar-refractivity contribution in [3.05, 3.63) is 65.0 Å². The zero-order valence-electron chi connectivity index (χ0n) is 11.7. The van der Waals surface area contributed by atoms with Gasteiger partial charge in [0.25, 0.3) is 0 Å². The van der Waals surface area contributed by atoms with E-state index in [-0.39, 0.29) is 11.6 Å². The Hall–Kier alpha value is -2.16. The van der Waals surface area contributed by atoms with Crippen LogP contribution in [0.25, 0.3) is 0 Å². The van der Waals surface area contributed by atoms with Crippen LogP contribution in [0.3, 0.4) is 0 Å². The molecule has 0 heterocycles. The quantitative estimate of drug-likeness (QED) is 0.894. The van der Waals surface area contributed by atoms with Crippen molar-refractivity contribution in [3.63, 3.8) is 0 Å². The van der Waals surface area contributed by atoms with Crippen molar-refractivity contribution in [2.45, 2.75) is 26.7 Å². The molecule has 0 saturated heterocycles. The molecular weight excluding hydrogens is 253 g/mol. The van der Waals surface area contributed by atoms with E-state index in [1.165, 1.54) is 17.2 Å². The van der Waals surface area contributed by atoms with Crippen LogP contribution >= 0.6 is 0 Å². The van der Waals surface area contributed by atoms with Gasteiger partial charge in [0, 0.05) is 6.42 Å². The maximum atomic E-state index is 13.4. The molecule has 2 rings (SSSR count). The minimum Gasteiger partial charge on any atom is -0.324 e. The third kappa shape index (κ3) is 3.67. The fourth-order valence-corrected chi connectivity index (χ4v) is 1.99. The van der Waals surface area contributed by atoms with Gasteiger partial charge in [0.2, 0.25) is 5.91 Å². The third-order valence-electron chi connectivity index (χ3n) is 3.36. The molecule has 3 heteroatoms. The summed E-state index contributed by atoms with van der Waals surface area (Å²) in [7, 11) is 0. The monoisotopic (exact) mass is 271 g/mol. The molecule has 104 valence electrons. The first-order valence-electron chi connectivity index (χ1n) is 6.67. The van der Waals surface area contributed by atoms with Crippen LogP contribution in [-0.2, 0) is 11.2 Å². The van der Waals surface area contributed by atoms with Crippen molar-refractivity contribution >= 4 is 11.6 Å². The fraction of sp³-hybridized carbons (Fsp3) is 0.235. The summed E-state index contributed by atoms with van der Waals surface area (Å²) >= 11 is 0. The van der Waals surface area contributed by atoms with Gasteiger partial charge in [0.05, 0.1) is 5.69 Å². The van der Waals surface area contributed by atoms with E-state index in [0.29, 0.717) is 12.8 Å². The van der Waals surface area contributed by atoms with E-state index in [9.17, 15) is 9.18 Å². The lowest BCUT2D eigenvalue weighted by molar-refractivity contribution is -0.116. The molecule has 0 saturated carbocycles. The van der Waals surface area contributed by atoms with Crippen LogP contribution in [0, 0.1) is 19.7 Å². The number of halogens is 1. The highest BCUT2D eigenvalue weighted by Gasteiger charge is 2.06. The van der Waals surface area contributed by atoms with Crippen molar-refractivity contribution < 1.29 is 9.18 Å². The standard InChI is InChI=1S/C17H18FNO/c1-12-7-8-14(11-13(12)2)9-10-17(20)19-16-6-4-3-5-15(16)18/h3-8,11H,9-10H2,1-2H3,(H,19,20). The average Bonchev–Trinajstić information content (AvgIpc) is 2.43. The molecule has 1 amide bonds. The summed E-state index contributed by atoms with van der Waals surface area (Å²) in [5, 5.41) is 2.59. The minimum absolute atomic E-state index is 0.173. The number of carbonyl (C=O) groups excluding carboxylic acids is 1. The van der Waals surface area contributed by atoms with Crippen molar-refractivity contribution in [1.29, 1.82) is 0 Å². The van der Waals surface area contributed by atoms with E-state index < -0.39 is 5.82 Å². The molecule has 0 aliphatic carbocycles. The number of hydrogen-bond donors (Lipinski definition) is 1. The highest BCUT2D eigenvalue weighted by Crippen LogP contribution is 2.14. The van der Waals surface area contributed by atoms with Crippen LogP contribution in [0.2, 0.25) is 0 Å². The molecule has 0 aliphatic heterocycles. The molecular formula is C17H18FNO. The van der Waals surface area contributed by atoms with Crippen LogP contribution in [0.15, 0.2) is 42.5 Å². The summed E-state index contributed by atoms with van der Waals surface area (Å²) in [6, 6.07) is 12.4. The Bertz CT molecular complexity index is 622. The molecule has 0 aliphatic rings. The molecule has 0 spiro atoms. The Kier molecular flexibility index (Phi) is 4.51. The molecule has 2 aromatic rings. The van der Waals surface area contributed by atoms with E-state index in [1.807, 2.05) is 6.07 Å². The largest absolute Gasteiger partial charge is 0.324 e. The lowest BCUT2D eigenvalue weighted by Crippen LogP contribution is -2.13. The molecule has 0 atom stereocenters.